The van der Waals surface area contributed by atoms with Crippen LogP contribution in [0.4, 0.5) is 11.4 Å². The van der Waals surface area contributed by atoms with Crippen molar-refractivity contribution >= 4 is 17.2 Å². The molecular formula is C24H24N4. The summed E-state index contributed by atoms with van der Waals surface area (Å²) in [6.45, 7) is 2.18. The second-order valence-electron chi connectivity index (χ2n) is 7.26. The lowest BCUT2D eigenvalue weighted by Gasteiger charge is -2.37. The van der Waals surface area contributed by atoms with Gasteiger partial charge in [-0.25, -0.2) is 5.01 Å². The second kappa shape index (κ2) is 7.49. The van der Waals surface area contributed by atoms with Gasteiger partial charge in [-0.05, 0) is 37.1 Å². The number of anilines is 2. The molecule has 0 bridgehead atoms. The minimum Gasteiger partial charge on any atom is -0.289 e. The fourth-order valence-corrected chi connectivity index (χ4v) is 4.11. The molecule has 2 aliphatic heterocycles. The standard InChI is InChI=1S/C24H24N4/c1-4-12-20(13-5-1)23-25-28(22-16-8-3-9-17-22)24(26-18-10-11-19-26)27(23)21-14-6-2-7-15-21/h1-9,12-17,24H,10-11,18-19H2. The van der Waals surface area contributed by atoms with E-state index in [4.69, 9.17) is 5.10 Å². The third kappa shape index (κ3) is 3.06. The van der Waals surface area contributed by atoms with Crippen LogP contribution in [0.1, 0.15) is 18.4 Å². The molecule has 4 heteroatoms. The maximum Gasteiger partial charge on any atom is 0.186 e. The van der Waals surface area contributed by atoms with Crippen molar-refractivity contribution < 1.29 is 0 Å². The first-order chi connectivity index (χ1) is 13.9. The van der Waals surface area contributed by atoms with Crippen molar-refractivity contribution in [3.8, 4) is 0 Å². The second-order valence-corrected chi connectivity index (χ2v) is 7.26. The van der Waals surface area contributed by atoms with Gasteiger partial charge >= 0.3 is 0 Å². The minimum atomic E-state index is 0.0440. The average Bonchev–Trinajstić information content (AvgIpc) is 3.43. The third-order valence-electron chi connectivity index (χ3n) is 5.43. The van der Waals surface area contributed by atoms with Gasteiger partial charge < -0.3 is 0 Å². The number of benzene rings is 3. The van der Waals surface area contributed by atoms with E-state index in [0.717, 1.165) is 30.2 Å². The normalized spacial score (nSPS) is 19.9. The monoisotopic (exact) mass is 368 g/mol. The molecule has 0 aliphatic carbocycles. The van der Waals surface area contributed by atoms with Gasteiger partial charge in [-0.15, -0.1) is 0 Å². The summed E-state index contributed by atoms with van der Waals surface area (Å²) in [5.41, 5.74) is 3.42. The Bertz CT molecular complexity index is 934. The lowest BCUT2D eigenvalue weighted by atomic mass is 10.1. The van der Waals surface area contributed by atoms with Gasteiger partial charge in [0, 0.05) is 24.3 Å². The molecule has 0 amide bonds. The van der Waals surface area contributed by atoms with E-state index >= 15 is 0 Å². The molecule has 1 atom stereocenters. The number of likely N-dealkylation sites (tertiary alicyclic amines) is 1. The van der Waals surface area contributed by atoms with E-state index < -0.39 is 0 Å². The molecule has 0 N–H and O–H groups in total. The maximum absolute atomic E-state index is 5.15. The highest BCUT2D eigenvalue weighted by Gasteiger charge is 2.41. The lowest BCUT2D eigenvalue weighted by Crippen LogP contribution is -2.53. The van der Waals surface area contributed by atoms with Gasteiger partial charge in [0.05, 0.1) is 5.69 Å². The quantitative estimate of drug-likeness (QED) is 0.663. The first-order valence-electron chi connectivity index (χ1n) is 9.98. The highest BCUT2D eigenvalue weighted by molar-refractivity contribution is 6.12. The van der Waals surface area contributed by atoms with E-state index in [9.17, 15) is 0 Å². The summed E-state index contributed by atoms with van der Waals surface area (Å²) in [6.07, 6.45) is 2.52. The van der Waals surface area contributed by atoms with E-state index in [-0.39, 0.29) is 6.29 Å². The van der Waals surface area contributed by atoms with E-state index in [2.05, 4.69) is 106 Å². The van der Waals surface area contributed by atoms with Crippen LogP contribution in [0.2, 0.25) is 0 Å². The first-order valence-corrected chi connectivity index (χ1v) is 9.98. The number of hydrogen-bond donors (Lipinski definition) is 0. The van der Waals surface area contributed by atoms with Crippen molar-refractivity contribution in [2.45, 2.75) is 19.1 Å². The maximum atomic E-state index is 5.15. The molecule has 0 radical (unpaired) electrons. The van der Waals surface area contributed by atoms with Gasteiger partial charge in [0.1, 0.15) is 0 Å². The number of rotatable bonds is 4. The zero-order valence-electron chi connectivity index (χ0n) is 15.9. The Balaban J connectivity index is 1.66. The molecule has 5 rings (SSSR count). The molecule has 1 fully saturated rings. The molecular weight excluding hydrogens is 344 g/mol. The summed E-state index contributed by atoms with van der Waals surface area (Å²) in [5, 5.41) is 7.33. The summed E-state index contributed by atoms with van der Waals surface area (Å²) in [5.74, 6) is 0.993. The molecule has 2 heterocycles. The highest BCUT2D eigenvalue weighted by atomic mass is 15.7. The van der Waals surface area contributed by atoms with Crippen molar-refractivity contribution in [3.63, 3.8) is 0 Å². The molecule has 0 saturated carbocycles. The number of para-hydroxylation sites is 2. The van der Waals surface area contributed by atoms with Crippen molar-refractivity contribution in [1.82, 2.24) is 4.90 Å². The summed E-state index contributed by atoms with van der Waals surface area (Å²) >= 11 is 0. The molecule has 4 nitrogen and oxygen atoms in total. The Kier molecular flexibility index (Phi) is 4.55. The van der Waals surface area contributed by atoms with Crippen LogP contribution < -0.4 is 9.91 Å². The number of hydrazone groups is 1. The molecule has 1 unspecified atom stereocenters. The molecule has 2 aliphatic rings. The first kappa shape index (κ1) is 17.0. The zero-order valence-corrected chi connectivity index (χ0v) is 15.9. The molecule has 0 spiro atoms. The Hall–Kier alpha value is -3.11. The summed E-state index contributed by atoms with van der Waals surface area (Å²) in [4.78, 5) is 4.92. The summed E-state index contributed by atoms with van der Waals surface area (Å²) < 4.78 is 0. The Morgan fingerprint density at radius 2 is 1.18 bits per heavy atom. The molecule has 0 aromatic heterocycles. The molecule has 3 aromatic carbocycles. The SMILES string of the molecule is c1ccc(C2=NN(c3ccccc3)C(N3CCCC3)N2c2ccccc2)cc1. The van der Waals surface area contributed by atoms with Gasteiger partial charge in [-0.2, -0.15) is 5.10 Å². The van der Waals surface area contributed by atoms with Crippen LogP contribution in [0, 0.1) is 0 Å². The van der Waals surface area contributed by atoms with Gasteiger partial charge in [-0.3, -0.25) is 9.80 Å². The summed E-state index contributed by atoms with van der Waals surface area (Å²) in [7, 11) is 0. The topological polar surface area (TPSA) is 22.1 Å². The fraction of sp³-hybridized carbons (Fsp3) is 0.208. The van der Waals surface area contributed by atoms with Gasteiger partial charge in [0.2, 0.25) is 0 Å². The van der Waals surface area contributed by atoms with E-state index in [1.54, 1.807) is 0 Å². The van der Waals surface area contributed by atoms with E-state index in [0.29, 0.717) is 0 Å². The summed E-state index contributed by atoms with van der Waals surface area (Å²) in [6, 6.07) is 31.6. The van der Waals surface area contributed by atoms with Crippen LogP contribution in [0.15, 0.2) is 96.1 Å². The number of hydrogen-bond acceptors (Lipinski definition) is 4. The number of nitrogens with zero attached hydrogens (tertiary/aromatic N) is 4. The van der Waals surface area contributed by atoms with Crippen LogP contribution in [0.25, 0.3) is 0 Å². The minimum absolute atomic E-state index is 0.0440. The van der Waals surface area contributed by atoms with Gasteiger partial charge in [-0.1, -0.05) is 66.7 Å². The molecule has 3 aromatic rings. The average molecular weight is 368 g/mol. The van der Waals surface area contributed by atoms with Crippen molar-refractivity contribution in [1.29, 1.82) is 0 Å². The van der Waals surface area contributed by atoms with Crippen LogP contribution in [-0.4, -0.2) is 30.1 Å². The Morgan fingerprint density at radius 3 is 1.79 bits per heavy atom. The van der Waals surface area contributed by atoms with Gasteiger partial charge in [0.15, 0.2) is 12.1 Å². The molecule has 1 saturated heterocycles. The predicted octanol–water partition coefficient (Wildman–Crippen LogP) is 4.75. The van der Waals surface area contributed by atoms with Gasteiger partial charge in [0.25, 0.3) is 0 Å². The van der Waals surface area contributed by atoms with Crippen molar-refractivity contribution in [3.05, 3.63) is 96.6 Å². The highest BCUT2D eigenvalue weighted by Crippen LogP contribution is 2.34. The smallest absolute Gasteiger partial charge is 0.186 e. The van der Waals surface area contributed by atoms with Crippen LogP contribution in [-0.2, 0) is 0 Å². The van der Waals surface area contributed by atoms with E-state index in [1.807, 2.05) is 0 Å². The van der Waals surface area contributed by atoms with Crippen LogP contribution in [0.3, 0.4) is 0 Å². The fourth-order valence-electron chi connectivity index (χ4n) is 4.11. The van der Waals surface area contributed by atoms with Crippen molar-refractivity contribution in [2.24, 2.45) is 5.10 Å². The van der Waals surface area contributed by atoms with E-state index in [1.165, 1.54) is 18.5 Å². The molecule has 140 valence electrons. The Labute approximate surface area is 166 Å². The Morgan fingerprint density at radius 1 is 0.643 bits per heavy atom. The van der Waals surface area contributed by atoms with Crippen LogP contribution in [0.5, 0.6) is 0 Å². The lowest BCUT2D eigenvalue weighted by molar-refractivity contribution is 0.250. The zero-order chi connectivity index (χ0) is 18.8. The van der Waals surface area contributed by atoms with Crippen LogP contribution >= 0.6 is 0 Å². The molecule has 28 heavy (non-hydrogen) atoms. The predicted molar refractivity (Wildman–Crippen MR) is 115 cm³/mol. The largest absolute Gasteiger partial charge is 0.289 e. The number of amidine groups is 1. The third-order valence-corrected chi connectivity index (χ3v) is 5.43. The van der Waals surface area contributed by atoms with Crippen molar-refractivity contribution in [2.75, 3.05) is 23.0 Å².